The van der Waals surface area contributed by atoms with Gasteiger partial charge in [0.05, 0.1) is 17.1 Å². The Bertz CT molecular complexity index is 565. The Morgan fingerprint density at radius 2 is 2.18 bits per heavy atom. The fourth-order valence-electron chi connectivity index (χ4n) is 1.54. The van der Waals surface area contributed by atoms with E-state index in [1.54, 1.807) is 10.7 Å². The number of benzene rings is 1. The van der Waals surface area contributed by atoms with Crippen LogP contribution in [0.25, 0.3) is 0 Å². The number of rotatable bonds is 2. The van der Waals surface area contributed by atoms with E-state index in [0.717, 1.165) is 15.0 Å². The second-order valence-electron chi connectivity index (χ2n) is 3.72. The highest BCUT2D eigenvalue weighted by atomic mass is 127. The maximum Gasteiger partial charge on any atom is 0.152 e. The molecule has 0 fully saturated rings. The average Bonchev–Trinajstić information content (AvgIpc) is 2.48. The molecule has 0 atom stereocenters. The Kier molecular flexibility index (Phi) is 3.23. The van der Waals surface area contributed by atoms with Gasteiger partial charge in [0, 0.05) is 10.6 Å². The molecule has 2 aromatic rings. The number of hydrogen-bond acceptors (Lipinski definition) is 3. The molecule has 0 spiro atoms. The van der Waals surface area contributed by atoms with E-state index in [-0.39, 0.29) is 5.82 Å². The number of nitrogen functional groups attached to an aromatic ring is 1. The normalized spacial score (nSPS) is 10.6. The molecule has 4 nitrogen and oxygen atoms in total. The van der Waals surface area contributed by atoms with Crippen LogP contribution in [0.3, 0.4) is 0 Å². The molecule has 0 amide bonds. The third kappa shape index (κ3) is 2.36. The van der Waals surface area contributed by atoms with Crippen molar-refractivity contribution < 1.29 is 4.39 Å². The van der Waals surface area contributed by atoms with E-state index in [0.29, 0.717) is 11.5 Å². The third-order valence-corrected chi connectivity index (χ3v) is 3.35. The lowest BCUT2D eigenvalue weighted by Crippen LogP contribution is -2.02. The van der Waals surface area contributed by atoms with Gasteiger partial charge in [-0.05, 0) is 47.7 Å². The van der Waals surface area contributed by atoms with Gasteiger partial charge >= 0.3 is 0 Å². The summed E-state index contributed by atoms with van der Waals surface area (Å²) in [7, 11) is 1.81. The molecule has 0 unspecified atom stereocenters. The number of aryl methyl sites for hydroxylation is 2. The molecule has 1 heterocycles. The Balaban J connectivity index is 2.38. The summed E-state index contributed by atoms with van der Waals surface area (Å²) in [6.07, 6.45) is 0. The van der Waals surface area contributed by atoms with Crippen LogP contribution >= 0.6 is 22.6 Å². The van der Waals surface area contributed by atoms with Crippen molar-refractivity contribution in [3.8, 4) is 0 Å². The molecule has 1 aromatic heterocycles. The van der Waals surface area contributed by atoms with E-state index >= 15 is 0 Å². The van der Waals surface area contributed by atoms with Crippen molar-refractivity contribution in [3.63, 3.8) is 0 Å². The Morgan fingerprint density at radius 3 is 2.71 bits per heavy atom. The van der Waals surface area contributed by atoms with Crippen molar-refractivity contribution in [2.75, 3.05) is 11.1 Å². The first-order valence-corrected chi connectivity index (χ1v) is 6.08. The molecule has 0 radical (unpaired) electrons. The van der Waals surface area contributed by atoms with Gasteiger partial charge in [-0.3, -0.25) is 4.68 Å². The van der Waals surface area contributed by atoms with E-state index < -0.39 is 0 Å². The molecule has 3 N–H and O–H groups in total. The predicted molar refractivity (Wildman–Crippen MR) is 74.8 cm³/mol. The maximum atomic E-state index is 13.0. The number of halogens is 2. The van der Waals surface area contributed by atoms with Crippen LogP contribution in [-0.2, 0) is 7.05 Å². The molecule has 2 rings (SSSR count). The summed E-state index contributed by atoms with van der Waals surface area (Å²) in [5.74, 6) is 0.459. The van der Waals surface area contributed by atoms with Gasteiger partial charge in [-0.1, -0.05) is 0 Å². The Labute approximate surface area is 112 Å². The van der Waals surface area contributed by atoms with Crippen LogP contribution in [0.1, 0.15) is 5.69 Å². The van der Waals surface area contributed by atoms with Gasteiger partial charge in [0.25, 0.3) is 0 Å². The quantitative estimate of drug-likeness (QED) is 0.823. The lowest BCUT2D eigenvalue weighted by molar-refractivity contribution is 0.627. The molecule has 0 aliphatic rings. The lowest BCUT2D eigenvalue weighted by Gasteiger charge is -2.09. The molecule has 0 saturated heterocycles. The monoisotopic (exact) mass is 346 g/mol. The van der Waals surface area contributed by atoms with Crippen LogP contribution in [0.2, 0.25) is 0 Å². The summed E-state index contributed by atoms with van der Waals surface area (Å²) in [5, 5.41) is 7.36. The zero-order chi connectivity index (χ0) is 12.6. The van der Waals surface area contributed by atoms with Crippen molar-refractivity contribution in [1.29, 1.82) is 0 Å². The smallest absolute Gasteiger partial charge is 0.152 e. The van der Waals surface area contributed by atoms with Crippen LogP contribution in [0.15, 0.2) is 18.2 Å². The summed E-state index contributed by atoms with van der Waals surface area (Å²) >= 11 is 2.07. The second kappa shape index (κ2) is 4.52. The lowest BCUT2D eigenvalue weighted by atomic mass is 10.3. The van der Waals surface area contributed by atoms with Gasteiger partial charge in [0.2, 0.25) is 0 Å². The summed E-state index contributed by atoms with van der Waals surface area (Å²) in [5.41, 5.74) is 8.09. The minimum Gasteiger partial charge on any atom is -0.394 e. The minimum absolute atomic E-state index is 0.255. The molecular weight excluding hydrogens is 334 g/mol. The van der Waals surface area contributed by atoms with E-state index in [1.165, 1.54) is 12.1 Å². The van der Waals surface area contributed by atoms with Crippen LogP contribution in [-0.4, -0.2) is 9.78 Å². The highest BCUT2D eigenvalue weighted by Crippen LogP contribution is 2.28. The van der Waals surface area contributed by atoms with Crippen LogP contribution < -0.4 is 11.1 Å². The molecule has 90 valence electrons. The minimum atomic E-state index is -0.255. The predicted octanol–water partition coefficient (Wildman–Crippen LogP) is 2.80. The summed E-state index contributed by atoms with van der Waals surface area (Å²) < 4.78 is 15.4. The molecule has 0 aliphatic carbocycles. The molecule has 6 heteroatoms. The average molecular weight is 346 g/mol. The summed E-state index contributed by atoms with van der Waals surface area (Å²) in [6, 6.07) is 4.55. The second-order valence-corrected chi connectivity index (χ2v) is 4.88. The van der Waals surface area contributed by atoms with Crippen LogP contribution in [0, 0.1) is 16.3 Å². The number of nitrogens with zero attached hydrogens (tertiary/aromatic N) is 2. The summed E-state index contributed by atoms with van der Waals surface area (Å²) in [4.78, 5) is 0. The van der Waals surface area contributed by atoms with Gasteiger partial charge < -0.3 is 11.1 Å². The van der Waals surface area contributed by atoms with Gasteiger partial charge in [-0.2, -0.15) is 5.10 Å². The fraction of sp³-hybridized carbons (Fsp3) is 0.182. The fourth-order valence-corrected chi connectivity index (χ4v) is 2.15. The highest BCUT2D eigenvalue weighted by molar-refractivity contribution is 14.1. The van der Waals surface area contributed by atoms with Crippen molar-refractivity contribution in [1.82, 2.24) is 9.78 Å². The number of hydrogen-bond donors (Lipinski definition) is 2. The third-order valence-electron chi connectivity index (χ3n) is 2.45. The largest absolute Gasteiger partial charge is 0.394 e. The zero-order valence-electron chi connectivity index (χ0n) is 9.46. The van der Waals surface area contributed by atoms with Crippen molar-refractivity contribution in [2.45, 2.75) is 6.92 Å². The van der Waals surface area contributed by atoms with Crippen molar-refractivity contribution >= 4 is 39.8 Å². The maximum absolute atomic E-state index is 13.0. The first kappa shape index (κ1) is 12.2. The van der Waals surface area contributed by atoms with Gasteiger partial charge in [-0.15, -0.1) is 0 Å². The standard InChI is InChI=1S/C11H12FIN4/c1-6-10(14)11(17(2)16-6)15-9-4-3-7(12)5-8(9)13/h3-5,15H,14H2,1-2H3. The number of nitrogens with two attached hydrogens (primary N) is 1. The number of nitrogens with one attached hydrogen (secondary N) is 1. The molecule has 0 saturated carbocycles. The molecule has 1 aromatic carbocycles. The summed E-state index contributed by atoms with van der Waals surface area (Å²) in [6.45, 7) is 1.84. The number of anilines is 3. The van der Waals surface area contributed by atoms with E-state index in [9.17, 15) is 4.39 Å². The van der Waals surface area contributed by atoms with Crippen molar-refractivity contribution in [2.24, 2.45) is 7.05 Å². The molecule has 0 aliphatic heterocycles. The first-order chi connectivity index (χ1) is 7.99. The van der Waals surface area contributed by atoms with Crippen LogP contribution in [0.5, 0.6) is 0 Å². The van der Waals surface area contributed by atoms with Gasteiger partial charge in [0.1, 0.15) is 5.82 Å². The van der Waals surface area contributed by atoms with Gasteiger partial charge in [-0.25, -0.2) is 4.39 Å². The Hall–Kier alpha value is -1.31. The van der Waals surface area contributed by atoms with E-state index in [4.69, 9.17) is 5.73 Å². The van der Waals surface area contributed by atoms with Crippen LogP contribution in [0.4, 0.5) is 21.6 Å². The zero-order valence-corrected chi connectivity index (χ0v) is 11.6. The van der Waals surface area contributed by atoms with E-state index in [2.05, 4.69) is 33.0 Å². The number of aromatic nitrogens is 2. The topological polar surface area (TPSA) is 55.9 Å². The molecule has 17 heavy (non-hydrogen) atoms. The first-order valence-electron chi connectivity index (χ1n) is 5.00. The highest BCUT2D eigenvalue weighted by Gasteiger charge is 2.11. The molecular formula is C11H12FIN4. The van der Waals surface area contributed by atoms with Gasteiger partial charge in [0.15, 0.2) is 5.82 Å². The SMILES string of the molecule is Cc1nn(C)c(Nc2ccc(F)cc2I)c1N. The molecule has 0 bridgehead atoms. The Morgan fingerprint density at radius 1 is 1.47 bits per heavy atom. The van der Waals surface area contributed by atoms with E-state index in [1.807, 2.05) is 14.0 Å². The van der Waals surface area contributed by atoms with Crippen molar-refractivity contribution in [3.05, 3.63) is 33.3 Å².